The predicted octanol–water partition coefficient (Wildman–Crippen LogP) is 8.92. The molecule has 2 nitrogen and oxygen atoms in total. The van der Waals surface area contributed by atoms with Crippen LogP contribution in [0.5, 0.6) is 0 Å². The molecule has 0 radical (unpaired) electrons. The Hall–Kier alpha value is -4.30. The van der Waals surface area contributed by atoms with Gasteiger partial charge in [0.15, 0.2) is 24.1 Å². The van der Waals surface area contributed by atoms with E-state index in [-0.39, 0.29) is 11.0 Å². The highest BCUT2D eigenvalue weighted by Gasteiger charge is 2.58. The van der Waals surface area contributed by atoms with Crippen LogP contribution in [0.3, 0.4) is 0 Å². The SMILES string of the molecule is CCC1(CC=C[n+]2ccccc2-c2ccccc2C)c2ccccc2-c2ccc(-c3ccccc3)c[n+]2C1(C)CC. The topological polar surface area (TPSA) is 7.76 Å². The molecular weight excluding hydrogens is 496 g/mol. The Labute approximate surface area is 245 Å². The fourth-order valence-corrected chi connectivity index (χ4v) is 7.17. The number of hydrogen-bond donors (Lipinski definition) is 0. The van der Waals surface area contributed by atoms with Crippen molar-refractivity contribution >= 4 is 6.20 Å². The van der Waals surface area contributed by atoms with Crippen LogP contribution in [0, 0.1) is 6.92 Å². The predicted molar refractivity (Wildman–Crippen MR) is 170 cm³/mol. The van der Waals surface area contributed by atoms with Crippen molar-refractivity contribution in [1.82, 2.24) is 0 Å². The highest BCUT2D eigenvalue weighted by atomic mass is 15.1. The molecule has 1 aliphatic heterocycles. The molecule has 5 aromatic rings. The number of pyridine rings is 2. The second-order valence-electron chi connectivity index (χ2n) is 11.5. The summed E-state index contributed by atoms with van der Waals surface area (Å²) in [6, 6.07) is 39.6. The van der Waals surface area contributed by atoms with Gasteiger partial charge in [-0.3, -0.25) is 0 Å². The fourth-order valence-electron chi connectivity index (χ4n) is 7.17. The fraction of sp³-hybridized carbons (Fsp3) is 0.231. The van der Waals surface area contributed by atoms with Crippen LogP contribution in [0.15, 0.2) is 128 Å². The van der Waals surface area contributed by atoms with E-state index in [9.17, 15) is 0 Å². The first-order valence-electron chi connectivity index (χ1n) is 15.0. The van der Waals surface area contributed by atoms with Crippen molar-refractivity contribution in [2.45, 2.75) is 57.9 Å². The maximum Gasteiger partial charge on any atom is 0.218 e. The van der Waals surface area contributed by atoms with Gasteiger partial charge in [-0.15, -0.1) is 0 Å². The lowest BCUT2D eigenvalue weighted by Gasteiger charge is -2.48. The molecule has 2 heteroatoms. The Morgan fingerprint density at radius 3 is 2.12 bits per heavy atom. The van der Waals surface area contributed by atoms with Crippen LogP contribution in [0.25, 0.3) is 39.8 Å². The molecule has 2 atom stereocenters. The third kappa shape index (κ3) is 4.43. The van der Waals surface area contributed by atoms with E-state index in [0.717, 1.165) is 19.3 Å². The zero-order chi connectivity index (χ0) is 28.5. The number of hydrogen-bond acceptors (Lipinski definition) is 0. The Morgan fingerprint density at radius 2 is 1.37 bits per heavy atom. The largest absolute Gasteiger partial charge is 0.218 e. The molecule has 0 aliphatic carbocycles. The Kier molecular flexibility index (Phi) is 7.17. The van der Waals surface area contributed by atoms with Crippen molar-refractivity contribution in [2.75, 3.05) is 0 Å². The summed E-state index contributed by atoms with van der Waals surface area (Å²) >= 11 is 0. The summed E-state index contributed by atoms with van der Waals surface area (Å²) in [5.41, 5.74) is 10.2. The smallest absolute Gasteiger partial charge is 0.192 e. The molecule has 3 aromatic carbocycles. The van der Waals surface area contributed by atoms with Crippen LogP contribution in [0.4, 0.5) is 0 Å². The van der Waals surface area contributed by atoms with Gasteiger partial charge in [-0.25, -0.2) is 0 Å². The second kappa shape index (κ2) is 10.9. The first kappa shape index (κ1) is 26.9. The minimum absolute atomic E-state index is 0.0695. The Morgan fingerprint density at radius 1 is 0.659 bits per heavy atom. The highest BCUT2D eigenvalue weighted by molar-refractivity contribution is 5.69. The van der Waals surface area contributed by atoms with Gasteiger partial charge in [0, 0.05) is 42.7 Å². The first-order chi connectivity index (χ1) is 20.0. The number of aryl methyl sites for hydroxylation is 1. The molecule has 0 N–H and O–H groups in total. The lowest BCUT2D eigenvalue weighted by molar-refractivity contribution is -0.765. The van der Waals surface area contributed by atoms with Crippen molar-refractivity contribution in [2.24, 2.45) is 0 Å². The maximum absolute atomic E-state index is 2.60. The van der Waals surface area contributed by atoms with E-state index in [1.165, 1.54) is 44.8 Å². The number of allylic oxidation sites excluding steroid dienone is 1. The molecule has 204 valence electrons. The number of fused-ring (bicyclic) bond motifs is 3. The molecule has 0 bridgehead atoms. The van der Waals surface area contributed by atoms with Crippen LogP contribution in [0.2, 0.25) is 0 Å². The second-order valence-corrected chi connectivity index (χ2v) is 11.5. The summed E-state index contributed by atoms with van der Waals surface area (Å²) in [5, 5.41) is 0. The van der Waals surface area contributed by atoms with Gasteiger partial charge in [-0.05, 0) is 66.8 Å². The van der Waals surface area contributed by atoms with Crippen LogP contribution in [-0.2, 0) is 11.0 Å². The summed E-state index contributed by atoms with van der Waals surface area (Å²) in [6.07, 6.45) is 12.3. The van der Waals surface area contributed by atoms with Crippen molar-refractivity contribution in [3.05, 3.63) is 139 Å². The molecule has 1 aliphatic rings. The zero-order valence-corrected chi connectivity index (χ0v) is 24.7. The number of benzene rings is 3. The molecule has 0 saturated heterocycles. The molecule has 2 unspecified atom stereocenters. The van der Waals surface area contributed by atoms with Gasteiger partial charge in [-0.2, -0.15) is 9.13 Å². The Balaban J connectivity index is 1.47. The quantitative estimate of drug-likeness (QED) is 0.183. The van der Waals surface area contributed by atoms with E-state index >= 15 is 0 Å². The van der Waals surface area contributed by atoms with Gasteiger partial charge in [0.05, 0.1) is 11.0 Å². The number of rotatable bonds is 7. The van der Waals surface area contributed by atoms with Gasteiger partial charge >= 0.3 is 0 Å². The monoisotopic (exact) mass is 536 g/mol. The van der Waals surface area contributed by atoms with Gasteiger partial charge in [-0.1, -0.05) is 80.6 Å². The van der Waals surface area contributed by atoms with E-state index in [2.05, 4.69) is 171 Å². The summed E-state index contributed by atoms with van der Waals surface area (Å²) in [7, 11) is 0. The lowest BCUT2D eigenvalue weighted by atomic mass is 9.58. The standard InChI is InChI=1S/C39H40N2/c1-5-38(4)39(6-2,26-16-28-40-27-15-14-23-36(40)33-20-11-10-17-30(33)3)35-22-13-12-21-34(35)37-25-24-32(29-41(37)38)31-18-8-7-9-19-31/h7-25,27-29H,5-6,26H2,1-4H3/q+2. The third-order valence-electron chi connectivity index (χ3n) is 9.67. The maximum atomic E-state index is 2.60. The summed E-state index contributed by atoms with van der Waals surface area (Å²) in [4.78, 5) is 0. The van der Waals surface area contributed by atoms with E-state index in [0.29, 0.717) is 0 Å². The molecule has 3 heterocycles. The van der Waals surface area contributed by atoms with Crippen molar-refractivity contribution in [3.8, 4) is 33.6 Å². The van der Waals surface area contributed by atoms with Gasteiger partial charge in [0.1, 0.15) is 0 Å². The minimum atomic E-state index is -0.110. The molecular formula is C39H40N2+2. The van der Waals surface area contributed by atoms with Crippen molar-refractivity contribution < 1.29 is 9.13 Å². The van der Waals surface area contributed by atoms with E-state index in [1.807, 2.05) is 0 Å². The normalized spacial score (nSPS) is 19.6. The highest BCUT2D eigenvalue weighted by Crippen LogP contribution is 2.52. The average molecular weight is 537 g/mol. The average Bonchev–Trinajstić information content (AvgIpc) is 3.03. The molecule has 0 fully saturated rings. The first-order valence-corrected chi connectivity index (χ1v) is 15.0. The van der Waals surface area contributed by atoms with E-state index in [1.54, 1.807) is 0 Å². The van der Waals surface area contributed by atoms with Gasteiger partial charge in [0.2, 0.25) is 11.4 Å². The molecule has 0 spiro atoms. The number of aromatic nitrogens is 2. The Bertz CT molecular complexity index is 1720. The third-order valence-corrected chi connectivity index (χ3v) is 9.67. The van der Waals surface area contributed by atoms with E-state index in [4.69, 9.17) is 0 Å². The summed E-state index contributed by atoms with van der Waals surface area (Å²) < 4.78 is 4.88. The van der Waals surface area contributed by atoms with Gasteiger partial charge < -0.3 is 0 Å². The van der Waals surface area contributed by atoms with Crippen LogP contribution in [0.1, 0.15) is 51.2 Å². The zero-order valence-electron chi connectivity index (χ0n) is 24.7. The summed E-state index contributed by atoms with van der Waals surface area (Å²) in [5.74, 6) is 0. The molecule has 0 amide bonds. The van der Waals surface area contributed by atoms with Crippen LogP contribution < -0.4 is 9.13 Å². The van der Waals surface area contributed by atoms with Crippen LogP contribution in [-0.4, -0.2) is 0 Å². The summed E-state index contributed by atoms with van der Waals surface area (Å²) in [6.45, 7) is 9.40. The molecule has 41 heavy (non-hydrogen) atoms. The van der Waals surface area contributed by atoms with Crippen molar-refractivity contribution in [1.29, 1.82) is 0 Å². The van der Waals surface area contributed by atoms with E-state index < -0.39 is 0 Å². The van der Waals surface area contributed by atoms with Crippen LogP contribution >= 0.6 is 0 Å². The molecule has 6 rings (SSSR count). The lowest BCUT2D eigenvalue weighted by Crippen LogP contribution is -2.68. The molecule has 0 saturated carbocycles. The molecule has 2 aromatic heterocycles. The van der Waals surface area contributed by atoms with Gasteiger partial charge in [0.25, 0.3) is 0 Å². The minimum Gasteiger partial charge on any atom is -0.192 e. The number of nitrogens with zero attached hydrogens (tertiary/aromatic N) is 2. The van der Waals surface area contributed by atoms with Crippen molar-refractivity contribution in [3.63, 3.8) is 0 Å².